The lowest BCUT2D eigenvalue weighted by atomic mass is 9.60. The third kappa shape index (κ3) is 2.66. The molecule has 0 unspecified atom stereocenters. The standard InChI is InChI=1S/C24H29N5O/c1-6-20(30)28-12-24(13-28)9-17(10-24)29-16(5)22(23(27-29)14(2)3)21-15(4)7-8-19-18(21)11-25-26-19/h6-8,11,14,17H,1,9-10,12-13H2,2-5H3,(H,25,26). The van der Waals surface area contributed by atoms with Crippen LogP contribution in [0.5, 0.6) is 0 Å². The van der Waals surface area contributed by atoms with Crippen LogP contribution >= 0.6 is 0 Å². The predicted molar refractivity (Wildman–Crippen MR) is 118 cm³/mol. The van der Waals surface area contributed by atoms with Gasteiger partial charge < -0.3 is 4.90 Å². The molecule has 0 bridgehead atoms. The third-order valence-electron chi connectivity index (χ3n) is 7.03. The fourth-order valence-corrected chi connectivity index (χ4v) is 5.49. The summed E-state index contributed by atoms with van der Waals surface area (Å²) in [5.74, 6) is 0.382. The highest BCUT2D eigenvalue weighted by Gasteiger charge is 2.54. The van der Waals surface area contributed by atoms with Gasteiger partial charge in [0.1, 0.15) is 0 Å². The molecule has 1 saturated carbocycles. The molecule has 1 spiro atoms. The van der Waals surface area contributed by atoms with Gasteiger partial charge in [0.05, 0.1) is 23.4 Å². The summed E-state index contributed by atoms with van der Waals surface area (Å²) in [6.07, 6.45) is 5.52. The SMILES string of the molecule is C=CC(=O)N1CC2(CC(n3nc(C(C)C)c(-c4c(C)ccc5[nH]ncc45)c3C)C2)C1. The summed E-state index contributed by atoms with van der Waals surface area (Å²) in [7, 11) is 0. The number of aryl methyl sites for hydroxylation is 1. The van der Waals surface area contributed by atoms with Gasteiger partial charge in [0.15, 0.2) is 0 Å². The van der Waals surface area contributed by atoms with Crippen molar-refractivity contribution in [1.29, 1.82) is 0 Å². The van der Waals surface area contributed by atoms with Crippen LogP contribution in [-0.4, -0.2) is 43.9 Å². The zero-order chi connectivity index (χ0) is 21.2. The first kappa shape index (κ1) is 19.1. The van der Waals surface area contributed by atoms with Gasteiger partial charge in [-0.2, -0.15) is 10.2 Å². The van der Waals surface area contributed by atoms with Crippen LogP contribution in [-0.2, 0) is 4.79 Å². The Kier molecular flexibility index (Phi) is 4.17. The van der Waals surface area contributed by atoms with Gasteiger partial charge in [0.25, 0.3) is 0 Å². The number of fused-ring (bicyclic) bond motifs is 1. The highest BCUT2D eigenvalue weighted by Crippen LogP contribution is 2.55. The number of rotatable bonds is 4. The zero-order valence-electron chi connectivity index (χ0n) is 18.2. The van der Waals surface area contributed by atoms with E-state index in [0.717, 1.165) is 42.5 Å². The Morgan fingerprint density at radius 1 is 1.27 bits per heavy atom. The van der Waals surface area contributed by atoms with Crippen molar-refractivity contribution in [2.75, 3.05) is 13.1 Å². The quantitative estimate of drug-likeness (QED) is 0.652. The van der Waals surface area contributed by atoms with Crippen molar-refractivity contribution in [1.82, 2.24) is 24.9 Å². The Morgan fingerprint density at radius 3 is 2.67 bits per heavy atom. The largest absolute Gasteiger partial charge is 0.338 e. The summed E-state index contributed by atoms with van der Waals surface area (Å²) < 4.78 is 2.26. The van der Waals surface area contributed by atoms with Crippen LogP contribution in [0.25, 0.3) is 22.0 Å². The molecule has 1 saturated heterocycles. The van der Waals surface area contributed by atoms with Crippen LogP contribution < -0.4 is 0 Å². The predicted octanol–water partition coefficient (Wildman–Crippen LogP) is 4.52. The lowest BCUT2D eigenvalue weighted by molar-refractivity contribution is -0.149. The van der Waals surface area contributed by atoms with E-state index >= 15 is 0 Å². The fraction of sp³-hybridized carbons (Fsp3) is 0.458. The van der Waals surface area contributed by atoms with Crippen LogP contribution in [0.4, 0.5) is 0 Å². The average Bonchev–Trinajstić information content (AvgIpc) is 3.24. The highest BCUT2D eigenvalue weighted by atomic mass is 16.2. The van der Waals surface area contributed by atoms with E-state index in [0.29, 0.717) is 12.0 Å². The summed E-state index contributed by atoms with van der Waals surface area (Å²) >= 11 is 0. The maximum Gasteiger partial charge on any atom is 0.245 e. The number of aromatic amines is 1. The molecule has 6 heteroatoms. The fourth-order valence-electron chi connectivity index (χ4n) is 5.49. The molecule has 5 rings (SSSR count). The van der Waals surface area contributed by atoms with Crippen molar-refractivity contribution < 1.29 is 4.79 Å². The second kappa shape index (κ2) is 6.56. The summed E-state index contributed by atoms with van der Waals surface area (Å²) in [6.45, 7) is 14.1. The number of H-pyrrole nitrogens is 1. The minimum Gasteiger partial charge on any atom is -0.338 e. The van der Waals surface area contributed by atoms with E-state index in [9.17, 15) is 4.79 Å². The van der Waals surface area contributed by atoms with E-state index in [4.69, 9.17) is 5.10 Å². The van der Waals surface area contributed by atoms with Gasteiger partial charge in [-0.05, 0) is 55.9 Å². The van der Waals surface area contributed by atoms with Crippen molar-refractivity contribution in [2.24, 2.45) is 5.41 Å². The molecule has 3 heterocycles. The lowest BCUT2D eigenvalue weighted by Gasteiger charge is -2.58. The second-order valence-corrected chi connectivity index (χ2v) is 9.49. The maximum absolute atomic E-state index is 11.8. The molecule has 156 valence electrons. The summed E-state index contributed by atoms with van der Waals surface area (Å²) in [5.41, 5.74) is 7.47. The molecular weight excluding hydrogens is 374 g/mol. The third-order valence-corrected chi connectivity index (χ3v) is 7.03. The van der Waals surface area contributed by atoms with E-state index in [1.165, 1.54) is 28.5 Å². The van der Waals surface area contributed by atoms with Crippen molar-refractivity contribution in [3.8, 4) is 11.1 Å². The number of carbonyl (C=O) groups is 1. The smallest absolute Gasteiger partial charge is 0.245 e. The molecule has 1 N–H and O–H groups in total. The minimum absolute atomic E-state index is 0.0485. The zero-order valence-corrected chi connectivity index (χ0v) is 18.2. The minimum atomic E-state index is 0.0485. The average molecular weight is 404 g/mol. The molecular formula is C24H29N5O. The van der Waals surface area contributed by atoms with Crippen LogP contribution in [0, 0.1) is 19.3 Å². The van der Waals surface area contributed by atoms with Gasteiger partial charge >= 0.3 is 0 Å². The number of hydrogen-bond donors (Lipinski definition) is 1. The Bertz CT molecular complexity index is 1150. The van der Waals surface area contributed by atoms with Gasteiger partial charge in [-0.15, -0.1) is 0 Å². The van der Waals surface area contributed by atoms with E-state index in [-0.39, 0.29) is 11.3 Å². The molecule has 0 atom stereocenters. The van der Waals surface area contributed by atoms with E-state index in [1.54, 1.807) is 0 Å². The monoisotopic (exact) mass is 403 g/mol. The normalized spacial score (nSPS) is 18.1. The van der Waals surface area contributed by atoms with Crippen molar-refractivity contribution in [3.05, 3.63) is 47.9 Å². The number of amides is 1. The number of carbonyl (C=O) groups excluding carboxylic acids is 1. The summed E-state index contributed by atoms with van der Waals surface area (Å²) in [6, 6.07) is 4.66. The molecule has 1 amide bonds. The second-order valence-electron chi connectivity index (χ2n) is 9.49. The van der Waals surface area contributed by atoms with E-state index in [1.807, 2.05) is 11.1 Å². The maximum atomic E-state index is 11.8. The molecule has 2 fully saturated rings. The lowest BCUT2D eigenvalue weighted by Crippen LogP contribution is -2.63. The number of hydrogen-bond acceptors (Lipinski definition) is 3. The van der Waals surface area contributed by atoms with Crippen LogP contribution in [0.3, 0.4) is 0 Å². The molecule has 2 aromatic heterocycles. The van der Waals surface area contributed by atoms with Gasteiger partial charge in [0, 0.05) is 35.1 Å². The molecule has 30 heavy (non-hydrogen) atoms. The number of aromatic nitrogens is 4. The number of benzene rings is 1. The molecule has 1 aliphatic heterocycles. The van der Waals surface area contributed by atoms with Crippen molar-refractivity contribution in [2.45, 2.75) is 52.5 Å². The number of likely N-dealkylation sites (tertiary alicyclic amines) is 1. The summed E-state index contributed by atoms with van der Waals surface area (Å²) in [4.78, 5) is 13.7. The van der Waals surface area contributed by atoms with E-state index < -0.39 is 0 Å². The van der Waals surface area contributed by atoms with Gasteiger partial charge in [0.2, 0.25) is 5.91 Å². The summed E-state index contributed by atoms with van der Waals surface area (Å²) in [5, 5.41) is 13.7. The Morgan fingerprint density at radius 2 is 2.00 bits per heavy atom. The van der Waals surface area contributed by atoms with Crippen LogP contribution in [0.15, 0.2) is 31.0 Å². The Hall–Kier alpha value is -2.89. The molecule has 3 aromatic rings. The van der Waals surface area contributed by atoms with Crippen LogP contribution in [0.1, 0.15) is 55.6 Å². The topological polar surface area (TPSA) is 66.8 Å². The van der Waals surface area contributed by atoms with E-state index in [2.05, 4.69) is 61.3 Å². The van der Waals surface area contributed by atoms with Crippen LogP contribution in [0.2, 0.25) is 0 Å². The number of nitrogens with one attached hydrogen (secondary N) is 1. The first-order valence-electron chi connectivity index (χ1n) is 10.8. The van der Waals surface area contributed by atoms with Gasteiger partial charge in [-0.3, -0.25) is 14.6 Å². The van der Waals surface area contributed by atoms with Gasteiger partial charge in [-0.1, -0.05) is 26.5 Å². The molecule has 6 nitrogen and oxygen atoms in total. The Balaban J connectivity index is 1.50. The molecule has 0 radical (unpaired) electrons. The van der Waals surface area contributed by atoms with Gasteiger partial charge in [-0.25, -0.2) is 0 Å². The first-order valence-corrected chi connectivity index (χ1v) is 10.8. The molecule has 1 aliphatic carbocycles. The first-order chi connectivity index (χ1) is 14.3. The molecule has 2 aliphatic rings. The van der Waals surface area contributed by atoms with Crippen molar-refractivity contribution >= 4 is 16.8 Å². The van der Waals surface area contributed by atoms with Crippen molar-refractivity contribution in [3.63, 3.8) is 0 Å². The highest BCUT2D eigenvalue weighted by molar-refractivity contribution is 5.97. The number of nitrogens with zero attached hydrogens (tertiary/aromatic N) is 4. The molecule has 1 aromatic carbocycles. The Labute approximate surface area is 177 Å².